The number of aryl methyl sites for hydroxylation is 1. The van der Waals surface area contributed by atoms with Crippen LogP contribution in [0.4, 0.5) is 0 Å². The minimum absolute atomic E-state index is 0.210. The van der Waals surface area contributed by atoms with Gasteiger partial charge in [0.15, 0.2) is 0 Å². The summed E-state index contributed by atoms with van der Waals surface area (Å²) in [5.74, 6) is 0.921. The number of aliphatic hydroxyl groups excluding tert-OH is 1. The molecule has 1 aliphatic rings. The number of aromatic nitrogens is 1. The van der Waals surface area contributed by atoms with Crippen molar-refractivity contribution in [2.24, 2.45) is 0 Å². The highest BCUT2D eigenvalue weighted by molar-refractivity contribution is 6.17. The van der Waals surface area contributed by atoms with Crippen LogP contribution in [0.2, 0.25) is 0 Å². The molecule has 2 heterocycles. The van der Waals surface area contributed by atoms with Crippen molar-refractivity contribution in [3.63, 3.8) is 0 Å². The fraction of sp³-hybridized carbons (Fsp3) is 0.750. The monoisotopic (exact) mass is 298 g/mol. The zero-order valence-corrected chi connectivity index (χ0v) is 13.2. The molecule has 1 fully saturated rings. The Morgan fingerprint density at radius 3 is 2.90 bits per heavy atom. The van der Waals surface area contributed by atoms with Crippen LogP contribution in [0.15, 0.2) is 6.07 Å². The maximum absolute atomic E-state index is 9.74. The second-order valence-electron chi connectivity index (χ2n) is 5.89. The molecule has 20 heavy (non-hydrogen) atoms. The Morgan fingerprint density at radius 1 is 1.40 bits per heavy atom. The van der Waals surface area contributed by atoms with E-state index in [0.717, 1.165) is 25.8 Å². The number of rotatable bonds is 7. The number of piperidine rings is 1. The molecule has 2 rings (SSSR count). The average molecular weight is 299 g/mol. The molecule has 0 amide bonds. The Bertz CT molecular complexity index is 399. The first-order valence-electron chi connectivity index (χ1n) is 7.86. The van der Waals surface area contributed by atoms with Crippen LogP contribution in [0.5, 0.6) is 0 Å². The molecular weight excluding hydrogens is 272 g/mol. The van der Waals surface area contributed by atoms with E-state index in [1.807, 2.05) is 0 Å². The molecule has 1 aromatic heterocycles. The number of halogens is 1. The highest BCUT2D eigenvalue weighted by Gasteiger charge is 2.23. The largest absolute Gasteiger partial charge is 0.396 e. The van der Waals surface area contributed by atoms with E-state index >= 15 is 0 Å². The lowest BCUT2D eigenvalue weighted by Gasteiger charge is -2.26. The van der Waals surface area contributed by atoms with Crippen molar-refractivity contribution in [1.29, 1.82) is 0 Å². The number of aliphatic hydroxyl groups is 1. The molecule has 114 valence electrons. The Labute approximate surface area is 127 Å². The fourth-order valence-electron chi connectivity index (χ4n) is 3.19. The zero-order chi connectivity index (χ0) is 14.4. The van der Waals surface area contributed by atoms with Crippen molar-refractivity contribution in [3.8, 4) is 0 Å². The Balaban J connectivity index is 2.11. The maximum atomic E-state index is 9.74. The van der Waals surface area contributed by atoms with E-state index in [0.29, 0.717) is 11.9 Å². The lowest BCUT2D eigenvalue weighted by Crippen LogP contribution is -2.27. The molecule has 1 aromatic rings. The molecule has 1 aliphatic heterocycles. The van der Waals surface area contributed by atoms with E-state index < -0.39 is 0 Å². The van der Waals surface area contributed by atoms with Gasteiger partial charge in [0.05, 0.1) is 6.61 Å². The molecule has 3 nitrogen and oxygen atoms in total. The molecule has 1 saturated heterocycles. The van der Waals surface area contributed by atoms with Gasteiger partial charge in [-0.15, -0.1) is 11.6 Å². The summed E-state index contributed by atoms with van der Waals surface area (Å²) in [4.78, 5) is 3.49. The molecule has 0 aliphatic carbocycles. The van der Waals surface area contributed by atoms with E-state index in [2.05, 4.69) is 23.3 Å². The third kappa shape index (κ3) is 4.00. The van der Waals surface area contributed by atoms with Gasteiger partial charge in [0.2, 0.25) is 0 Å². The van der Waals surface area contributed by atoms with Gasteiger partial charge in [-0.2, -0.15) is 0 Å². The molecule has 2 unspecified atom stereocenters. The lowest BCUT2D eigenvalue weighted by atomic mass is 9.90. The summed E-state index contributed by atoms with van der Waals surface area (Å²) in [6, 6.07) is 2.70. The Kier molecular flexibility index (Phi) is 6.40. The molecule has 4 heteroatoms. The zero-order valence-electron chi connectivity index (χ0n) is 12.4. The summed E-state index contributed by atoms with van der Waals surface area (Å²) in [6.45, 7) is 3.41. The van der Waals surface area contributed by atoms with Crippen molar-refractivity contribution in [3.05, 3.63) is 23.0 Å². The third-order valence-electron chi connectivity index (χ3n) is 4.27. The topological polar surface area (TPSA) is 48.0 Å². The lowest BCUT2D eigenvalue weighted by molar-refractivity contribution is 0.253. The number of hydrogen-bond acceptors (Lipinski definition) is 2. The van der Waals surface area contributed by atoms with Gasteiger partial charge in [-0.3, -0.25) is 0 Å². The minimum Gasteiger partial charge on any atom is -0.396 e. The van der Waals surface area contributed by atoms with Gasteiger partial charge >= 0.3 is 0 Å². The van der Waals surface area contributed by atoms with Crippen molar-refractivity contribution in [2.75, 3.05) is 19.0 Å². The average Bonchev–Trinajstić information content (AvgIpc) is 2.86. The first-order valence-corrected chi connectivity index (χ1v) is 8.39. The number of nitrogens with one attached hydrogen (secondary N) is 2. The van der Waals surface area contributed by atoms with Crippen LogP contribution in [0.25, 0.3) is 0 Å². The second-order valence-corrected chi connectivity index (χ2v) is 6.27. The maximum Gasteiger partial charge on any atom is 0.0514 e. The number of alkyl halides is 1. The van der Waals surface area contributed by atoms with Gasteiger partial charge in [0, 0.05) is 29.2 Å². The van der Waals surface area contributed by atoms with Gasteiger partial charge in [0.1, 0.15) is 0 Å². The van der Waals surface area contributed by atoms with Crippen LogP contribution in [-0.4, -0.2) is 29.1 Å². The van der Waals surface area contributed by atoms with E-state index in [-0.39, 0.29) is 12.5 Å². The van der Waals surface area contributed by atoms with Crippen LogP contribution < -0.4 is 5.32 Å². The molecule has 0 aromatic carbocycles. The van der Waals surface area contributed by atoms with Gasteiger partial charge in [-0.05, 0) is 50.8 Å². The third-order valence-corrected chi connectivity index (χ3v) is 4.53. The highest BCUT2D eigenvalue weighted by Crippen LogP contribution is 2.32. The normalized spacial score (nSPS) is 21.1. The predicted octanol–water partition coefficient (Wildman–Crippen LogP) is 3.62. The molecule has 0 spiro atoms. The van der Waals surface area contributed by atoms with Gasteiger partial charge < -0.3 is 15.4 Å². The van der Waals surface area contributed by atoms with E-state index in [1.54, 1.807) is 0 Å². The second kappa shape index (κ2) is 8.06. The fourth-order valence-corrected chi connectivity index (χ4v) is 3.38. The van der Waals surface area contributed by atoms with Crippen LogP contribution in [0, 0.1) is 6.92 Å². The number of hydrogen-bond donors (Lipinski definition) is 3. The van der Waals surface area contributed by atoms with Crippen molar-refractivity contribution in [1.82, 2.24) is 10.3 Å². The summed E-state index contributed by atoms with van der Waals surface area (Å²) < 4.78 is 0. The van der Waals surface area contributed by atoms with E-state index in [1.165, 1.54) is 36.2 Å². The smallest absolute Gasteiger partial charge is 0.0514 e. The minimum atomic E-state index is 0.210. The number of unbranched alkanes of at least 4 members (excludes halogenated alkanes) is 1. The van der Waals surface area contributed by atoms with Crippen molar-refractivity contribution < 1.29 is 5.11 Å². The van der Waals surface area contributed by atoms with Gasteiger partial charge in [0.25, 0.3) is 0 Å². The molecule has 2 atom stereocenters. The quantitative estimate of drug-likeness (QED) is 0.532. The number of aromatic amines is 1. The van der Waals surface area contributed by atoms with Crippen LogP contribution in [0.3, 0.4) is 0 Å². The van der Waals surface area contributed by atoms with E-state index in [4.69, 9.17) is 11.6 Å². The summed E-state index contributed by atoms with van der Waals surface area (Å²) in [5, 5.41) is 13.4. The number of H-pyrrole nitrogens is 1. The predicted molar refractivity (Wildman–Crippen MR) is 84.5 cm³/mol. The molecular formula is C16H27ClN2O. The van der Waals surface area contributed by atoms with Gasteiger partial charge in [-0.25, -0.2) is 0 Å². The summed E-state index contributed by atoms with van der Waals surface area (Å²) in [5.41, 5.74) is 3.80. The standard InChI is InChI=1S/C16H27ClN2O/c1-12-10-14(15-7-3-5-9-18-15)16(19-12)13(11-20)6-2-4-8-17/h10,13,15,18-20H,2-9,11H2,1H3. The van der Waals surface area contributed by atoms with Crippen molar-refractivity contribution in [2.45, 2.75) is 57.4 Å². The summed E-state index contributed by atoms with van der Waals surface area (Å²) in [6.07, 6.45) is 6.86. The van der Waals surface area contributed by atoms with Gasteiger partial charge in [-0.1, -0.05) is 12.8 Å². The Hall–Kier alpha value is -0.510. The first kappa shape index (κ1) is 15.9. The molecule has 0 bridgehead atoms. The molecule has 0 saturated carbocycles. The molecule has 3 N–H and O–H groups in total. The summed E-state index contributed by atoms with van der Waals surface area (Å²) in [7, 11) is 0. The summed E-state index contributed by atoms with van der Waals surface area (Å²) >= 11 is 5.75. The first-order chi connectivity index (χ1) is 9.76. The molecule has 0 radical (unpaired) electrons. The Morgan fingerprint density at radius 2 is 2.25 bits per heavy atom. The highest BCUT2D eigenvalue weighted by atomic mass is 35.5. The van der Waals surface area contributed by atoms with Crippen LogP contribution in [-0.2, 0) is 0 Å². The van der Waals surface area contributed by atoms with Crippen LogP contribution in [0.1, 0.15) is 67.4 Å². The van der Waals surface area contributed by atoms with E-state index in [9.17, 15) is 5.11 Å². The SMILES string of the molecule is Cc1cc(C2CCCCN2)c(C(CO)CCCCCl)[nH]1. The van der Waals surface area contributed by atoms with Crippen LogP contribution >= 0.6 is 11.6 Å². The van der Waals surface area contributed by atoms with Crippen molar-refractivity contribution >= 4 is 11.6 Å².